The summed E-state index contributed by atoms with van der Waals surface area (Å²) < 4.78 is 7.15. The van der Waals surface area contributed by atoms with Gasteiger partial charge in [0.15, 0.2) is 0 Å². The molecule has 17 aromatic rings. The molecule has 0 amide bonds. The van der Waals surface area contributed by atoms with E-state index in [1.165, 1.54) is 22.0 Å². The summed E-state index contributed by atoms with van der Waals surface area (Å²) >= 11 is 0. The van der Waals surface area contributed by atoms with Gasteiger partial charge in [0.1, 0.15) is 11.5 Å². The van der Waals surface area contributed by atoms with Crippen molar-refractivity contribution < 1.29 is 4.74 Å². The standard InChI is InChI=1S/C105H73BN2O/c1-105(2)92-53-21-22-54-100(92)109-101-69-82(55-58-93(101)105)87-67-98-102-99(68-87)108(104-90(85-47-25-43-78(63-85)72-33-13-5-14-34-72)51-28-52-91(104)86-48-26-44-79(64-86)73-35-15-6-16-36-73)97-60-57-81(75-39-19-8-20-40-75)66-95(97)106(102)94-65-80(74-37-17-7-18-38-74)56-59-96(94)107(98)103-88(83-45-23-41-76(61-83)70-29-9-3-10-30-70)49-27-50-89(103)84-46-24-42-77(62-84)71-31-11-4-12-32-71/h3-69H,1-2H3. The van der Waals surface area contributed by atoms with Crippen LogP contribution in [0.15, 0.2) is 406 Å². The summed E-state index contributed by atoms with van der Waals surface area (Å²) in [5.74, 6) is 1.73. The van der Waals surface area contributed by atoms with Gasteiger partial charge in [0.2, 0.25) is 0 Å². The Morgan fingerprint density at radius 3 is 0.862 bits per heavy atom. The van der Waals surface area contributed by atoms with Gasteiger partial charge in [-0.15, -0.1) is 0 Å². The molecule has 4 heteroatoms. The summed E-state index contributed by atoms with van der Waals surface area (Å²) in [6.45, 7) is 4.35. The Morgan fingerprint density at radius 1 is 0.211 bits per heavy atom. The van der Waals surface area contributed by atoms with Crippen LogP contribution in [0.1, 0.15) is 25.0 Å². The highest BCUT2D eigenvalue weighted by atomic mass is 16.5. The van der Waals surface area contributed by atoms with Gasteiger partial charge in [-0.25, -0.2) is 0 Å². The maximum atomic E-state index is 7.15. The van der Waals surface area contributed by atoms with Crippen molar-refractivity contribution in [3.05, 3.63) is 418 Å². The van der Waals surface area contributed by atoms with E-state index in [-0.39, 0.29) is 12.1 Å². The third kappa shape index (κ3) is 11.5. The van der Waals surface area contributed by atoms with Crippen molar-refractivity contribution in [3.8, 4) is 134 Å². The quantitative estimate of drug-likeness (QED) is 0.107. The normalized spacial score (nSPS) is 12.8. The number of anilines is 6. The molecule has 0 spiro atoms. The first-order valence-corrected chi connectivity index (χ1v) is 37.8. The van der Waals surface area contributed by atoms with E-state index in [4.69, 9.17) is 4.74 Å². The molecule has 3 nitrogen and oxygen atoms in total. The third-order valence-electron chi connectivity index (χ3n) is 22.7. The molecule has 0 aliphatic carbocycles. The van der Waals surface area contributed by atoms with Crippen LogP contribution in [0.4, 0.5) is 34.1 Å². The summed E-state index contributed by atoms with van der Waals surface area (Å²) in [6.07, 6.45) is 0. The minimum atomic E-state index is -0.332. The zero-order valence-corrected chi connectivity index (χ0v) is 60.6. The first-order chi connectivity index (χ1) is 53.8. The number of ether oxygens (including phenoxy) is 1. The van der Waals surface area contributed by atoms with Crippen LogP contribution in [-0.4, -0.2) is 6.71 Å². The number of para-hydroxylation sites is 3. The molecule has 20 rings (SSSR count). The summed E-state index contributed by atoms with van der Waals surface area (Å²) in [6, 6.07) is 151. The summed E-state index contributed by atoms with van der Waals surface area (Å²) in [5, 5.41) is 0. The Bertz CT molecular complexity index is 5820. The fourth-order valence-corrected chi connectivity index (χ4v) is 17.4. The molecule has 0 radical (unpaired) electrons. The first kappa shape index (κ1) is 64.8. The average Bonchev–Trinajstić information content (AvgIpc) is 0.686. The molecule has 3 aliphatic rings. The number of fused-ring (bicyclic) bond motifs is 6. The number of benzene rings is 17. The molecule has 0 saturated carbocycles. The van der Waals surface area contributed by atoms with Crippen LogP contribution >= 0.6 is 0 Å². The largest absolute Gasteiger partial charge is 0.457 e. The van der Waals surface area contributed by atoms with Crippen LogP contribution < -0.4 is 30.9 Å². The van der Waals surface area contributed by atoms with Crippen LogP contribution in [0.25, 0.3) is 122 Å². The molecule has 3 aliphatic heterocycles. The zero-order valence-electron chi connectivity index (χ0n) is 60.6. The number of hydrogen-bond acceptors (Lipinski definition) is 3. The molecular weight excluding hydrogens is 1320 g/mol. The van der Waals surface area contributed by atoms with E-state index in [9.17, 15) is 0 Å². The van der Waals surface area contributed by atoms with Gasteiger partial charge >= 0.3 is 0 Å². The highest BCUT2D eigenvalue weighted by Crippen LogP contribution is 2.56. The molecule has 17 aromatic carbocycles. The lowest BCUT2D eigenvalue weighted by Crippen LogP contribution is -2.61. The molecule has 0 aromatic heterocycles. The van der Waals surface area contributed by atoms with E-state index in [2.05, 4.69) is 430 Å². The minimum Gasteiger partial charge on any atom is -0.457 e. The van der Waals surface area contributed by atoms with Gasteiger partial charge in [0, 0.05) is 61.5 Å². The molecule has 0 N–H and O–H groups in total. The van der Waals surface area contributed by atoms with Crippen molar-refractivity contribution >= 4 is 57.2 Å². The SMILES string of the molecule is CC1(C)c2ccccc2Oc2cc(-c3cc4c5c(c3)N(c3c(-c6cccc(-c7ccccc7)c6)cccc3-c3cccc(-c6ccccc6)c3)c3ccc(-c6ccccc6)cc3B5c3cc(-c5ccccc5)ccc3N4c3c(-c4cccc(-c5ccccc5)c4)cccc3-c3cccc(-c4ccccc4)c3)ccc21. The van der Waals surface area contributed by atoms with Gasteiger partial charge < -0.3 is 14.5 Å². The van der Waals surface area contributed by atoms with Crippen molar-refractivity contribution in [1.29, 1.82) is 0 Å². The highest BCUT2D eigenvalue weighted by molar-refractivity contribution is 7.00. The second-order valence-electron chi connectivity index (χ2n) is 29.4. The van der Waals surface area contributed by atoms with Gasteiger partial charge in [-0.2, -0.15) is 0 Å². The van der Waals surface area contributed by atoms with Gasteiger partial charge in [-0.1, -0.05) is 360 Å². The Kier molecular flexibility index (Phi) is 16.0. The number of hydrogen-bond donors (Lipinski definition) is 0. The molecule has 0 fully saturated rings. The molecule has 0 bridgehead atoms. The van der Waals surface area contributed by atoms with Crippen molar-refractivity contribution in [2.45, 2.75) is 19.3 Å². The fraction of sp³-hybridized carbons (Fsp3) is 0.0286. The fourth-order valence-electron chi connectivity index (χ4n) is 17.4. The van der Waals surface area contributed by atoms with E-state index in [0.717, 1.165) is 174 Å². The third-order valence-corrected chi connectivity index (χ3v) is 22.7. The Labute approximate surface area is 638 Å². The van der Waals surface area contributed by atoms with E-state index in [1.54, 1.807) is 0 Å². The summed E-state index contributed by atoms with van der Waals surface area (Å²) in [5.41, 5.74) is 36.8. The Balaban J connectivity index is 0.944. The molecule has 3 heterocycles. The first-order valence-electron chi connectivity index (χ1n) is 37.8. The Hall–Kier alpha value is -13.8. The summed E-state index contributed by atoms with van der Waals surface area (Å²) in [7, 11) is 0. The van der Waals surface area contributed by atoms with Crippen molar-refractivity contribution in [2.24, 2.45) is 0 Å². The predicted octanol–water partition coefficient (Wildman–Crippen LogP) is 26.5. The van der Waals surface area contributed by atoms with E-state index in [1.807, 2.05) is 0 Å². The van der Waals surface area contributed by atoms with E-state index >= 15 is 0 Å². The van der Waals surface area contributed by atoms with Crippen molar-refractivity contribution in [1.82, 2.24) is 0 Å². The smallest absolute Gasteiger partial charge is 0.252 e. The van der Waals surface area contributed by atoms with Crippen molar-refractivity contribution in [2.75, 3.05) is 9.80 Å². The summed E-state index contributed by atoms with van der Waals surface area (Å²) in [4.78, 5) is 5.35. The highest BCUT2D eigenvalue weighted by Gasteiger charge is 2.46. The predicted molar refractivity (Wildman–Crippen MR) is 459 cm³/mol. The molecular formula is C105H73BN2O. The van der Waals surface area contributed by atoms with Crippen LogP contribution in [0.2, 0.25) is 0 Å². The minimum absolute atomic E-state index is 0.301. The maximum Gasteiger partial charge on any atom is 0.252 e. The number of rotatable bonds is 13. The molecule has 109 heavy (non-hydrogen) atoms. The van der Waals surface area contributed by atoms with Crippen LogP contribution in [0.3, 0.4) is 0 Å². The second kappa shape index (κ2) is 27.0. The van der Waals surface area contributed by atoms with Gasteiger partial charge in [0.25, 0.3) is 6.71 Å². The van der Waals surface area contributed by atoms with Gasteiger partial charge in [-0.05, 0) is 177 Å². The monoisotopic (exact) mass is 1390 g/mol. The van der Waals surface area contributed by atoms with Crippen LogP contribution in [0, 0.1) is 0 Å². The second-order valence-corrected chi connectivity index (χ2v) is 29.4. The van der Waals surface area contributed by atoms with E-state index < -0.39 is 0 Å². The van der Waals surface area contributed by atoms with E-state index in [0.29, 0.717) is 0 Å². The Morgan fingerprint density at radius 2 is 0.495 bits per heavy atom. The maximum absolute atomic E-state index is 7.15. The topological polar surface area (TPSA) is 15.7 Å². The van der Waals surface area contributed by atoms with Gasteiger partial charge in [-0.3, -0.25) is 0 Å². The van der Waals surface area contributed by atoms with Crippen molar-refractivity contribution in [3.63, 3.8) is 0 Å². The molecule has 0 saturated heterocycles. The van der Waals surface area contributed by atoms with Crippen LogP contribution in [-0.2, 0) is 5.41 Å². The van der Waals surface area contributed by atoms with Crippen LogP contribution in [0.5, 0.6) is 11.5 Å². The molecule has 512 valence electrons. The number of nitrogens with zero attached hydrogens (tertiary/aromatic N) is 2. The zero-order chi connectivity index (χ0) is 72.5. The lowest BCUT2D eigenvalue weighted by Gasteiger charge is -2.46. The lowest BCUT2D eigenvalue weighted by atomic mass is 9.33. The average molecular weight is 1390 g/mol. The van der Waals surface area contributed by atoms with Gasteiger partial charge in [0.05, 0.1) is 11.4 Å². The molecule has 0 atom stereocenters. The molecule has 0 unspecified atom stereocenters. The lowest BCUT2D eigenvalue weighted by molar-refractivity contribution is 0.418.